The molecule has 1 N–H and O–H groups in total. The highest BCUT2D eigenvalue weighted by Crippen LogP contribution is 2.52. The molecule has 3 heteroatoms. The Hall–Kier alpha value is -0.570. The minimum atomic E-state index is 0.0785. The molecule has 0 aromatic rings. The van der Waals surface area contributed by atoms with Crippen LogP contribution in [0.2, 0.25) is 0 Å². The van der Waals surface area contributed by atoms with Gasteiger partial charge in [-0.25, -0.2) is 0 Å². The lowest BCUT2D eigenvalue weighted by atomic mass is 9.65. The molecule has 4 atom stereocenters. The molecular formula is C18H32N2O. The van der Waals surface area contributed by atoms with Crippen LogP contribution >= 0.6 is 0 Å². The molecule has 0 aromatic heterocycles. The van der Waals surface area contributed by atoms with Crippen molar-refractivity contribution in [2.24, 2.45) is 16.7 Å². The first kappa shape index (κ1) is 15.3. The number of likely N-dealkylation sites (tertiary alicyclic amines) is 1. The third kappa shape index (κ3) is 2.99. The number of rotatable bonds is 2. The number of carbonyl (C=O) groups excluding carboxylic acids is 1. The minimum Gasteiger partial charge on any atom is -0.338 e. The molecule has 120 valence electrons. The molecule has 3 rings (SSSR count). The SMILES string of the molecule is CCC1CCNC(C(=O)N2CC3(C)CC2CC(C)(C)C3)C1. The van der Waals surface area contributed by atoms with Gasteiger partial charge in [-0.05, 0) is 55.4 Å². The lowest BCUT2D eigenvalue weighted by Gasteiger charge is -2.40. The normalized spacial score (nSPS) is 42.1. The Kier molecular flexibility index (Phi) is 3.84. The quantitative estimate of drug-likeness (QED) is 0.847. The van der Waals surface area contributed by atoms with Crippen LogP contribution in [-0.4, -0.2) is 36.0 Å². The third-order valence-corrected chi connectivity index (χ3v) is 6.09. The van der Waals surface area contributed by atoms with Crippen molar-refractivity contribution < 1.29 is 4.79 Å². The Labute approximate surface area is 129 Å². The first-order valence-corrected chi connectivity index (χ1v) is 8.86. The molecule has 3 fully saturated rings. The van der Waals surface area contributed by atoms with Crippen LogP contribution in [0.25, 0.3) is 0 Å². The monoisotopic (exact) mass is 292 g/mol. The summed E-state index contributed by atoms with van der Waals surface area (Å²) in [7, 11) is 0. The topological polar surface area (TPSA) is 32.3 Å². The van der Waals surface area contributed by atoms with Gasteiger partial charge in [0, 0.05) is 12.6 Å². The zero-order valence-electron chi connectivity index (χ0n) is 14.2. The van der Waals surface area contributed by atoms with E-state index in [0.717, 1.165) is 25.4 Å². The van der Waals surface area contributed by atoms with Gasteiger partial charge in [0.1, 0.15) is 0 Å². The number of piperidine rings is 1. The summed E-state index contributed by atoms with van der Waals surface area (Å²) >= 11 is 0. The molecule has 4 unspecified atom stereocenters. The molecular weight excluding hydrogens is 260 g/mol. The van der Waals surface area contributed by atoms with E-state index in [2.05, 4.69) is 37.9 Å². The van der Waals surface area contributed by atoms with Crippen LogP contribution in [0, 0.1) is 16.7 Å². The van der Waals surface area contributed by atoms with Crippen LogP contribution in [0.4, 0.5) is 0 Å². The van der Waals surface area contributed by atoms with E-state index in [1.807, 2.05) is 0 Å². The van der Waals surface area contributed by atoms with Gasteiger partial charge in [-0.3, -0.25) is 4.79 Å². The Morgan fingerprint density at radius 2 is 2.05 bits per heavy atom. The van der Waals surface area contributed by atoms with Gasteiger partial charge in [0.2, 0.25) is 5.91 Å². The molecule has 0 spiro atoms. The second-order valence-corrected chi connectivity index (χ2v) is 8.99. The van der Waals surface area contributed by atoms with Crippen molar-refractivity contribution in [3.05, 3.63) is 0 Å². The van der Waals surface area contributed by atoms with Crippen molar-refractivity contribution in [1.82, 2.24) is 10.2 Å². The molecule has 3 aliphatic rings. The average molecular weight is 292 g/mol. The molecule has 2 bridgehead atoms. The summed E-state index contributed by atoms with van der Waals surface area (Å²) in [6.07, 6.45) is 7.13. The fourth-order valence-electron chi connectivity index (χ4n) is 5.47. The van der Waals surface area contributed by atoms with Gasteiger partial charge in [-0.15, -0.1) is 0 Å². The fourth-order valence-corrected chi connectivity index (χ4v) is 5.47. The van der Waals surface area contributed by atoms with Crippen molar-refractivity contribution in [2.75, 3.05) is 13.1 Å². The third-order valence-electron chi connectivity index (χ3n) is 6.09. The maximum Gasteiger partial charge on any atom is 0.239 e. The molecule has 21 heavy (non-hydrogen) atoms. The van der Waals surface area contributed by atoms with Crippen LogP contribution < -0.4 is 5.32 Å². The van der Waals surface area contributed by atoms with E-state index < -0.39 is 0 Å². The maximum atomic E-state index is 13.0. The van der Waals surface area contributed by atoms with E-state index in [-0.39, 0.29) is 6.04 Å². The first-order valence-electron chi connectivity index (χ1n) is 8.86. The number of hydrogen-bond acceptors (Lipinski definition) is 2. The highest BCUT2D eigenvalue weighted by molar-refractivity contribution is 5.82. The van der Waals surface area contributed by atoms with Crippen LogP contribution in [0.1, 0.15) is 66.2 Å². The van der Waals surface area contributed by atoms with Crippen molar-refractivity contribution in [1.29, 1.82) is 0 Å². The first-order chi connectivity index (χ1) is 9.82. The Morgan fingerprint density at radius 3 is 2.76 bits per heavy atom. The fraction of sp³-hybridized carbons (Fsp3) is 0.944. The molecule has 2 saturated heterocycles. The largest absolute Gasteiger partial charge is 0.338 e. The van der Waals surface area contributed by atoms with Crippen LogP contribution in [-0.2, 0) is 4.79 Å². The van der Waals surface area contributed by atoms with E-state index in [1.54, 1.807) is 0 Å². The molecule has 0 radical (unpaired) electrons. The molecule has 1 saturated carbocycles. The zero-order valence-corrected chi connectivity index (χ0v) is 14.2. The number of hydrogen-bond donors (Lipinski definition) is 1. The Balaban J connectivity index is 1.71. The lowest BCUT2D eigenvalue weighted by molar-refractivity contribution is -0.135. The highest BCUT2D eigenvalue weighted by atomic mass is 16.2. The molecule has 3 nitrogen and oxygen atoms in total. The average Bonchev–Trinajstić information content (AvgIpc) is 2.67. The number of amides is 1. The van der Waals surface area contributed by atoms with E-state index in [4.69, 9.17) is 0 Å². The number of carbonyl (C=O) groups is 1. The van der Waals surface area contributed by atoms with Gasteiger partial charge in [0.05, 0.1) is 6.04 Å². The predicted molar refractivity (Wildman–Crippen MR) is 86.0 cm³/mol. The van der Waals surface area contributed by atoms with E-state index in [0.29, 0.717) is 22.8 Å². The number of nitrogens with zero attached hydrogens (tertiary/aromatic N) is 1. The Bertz CT molecular complexity index is 419. The second kappa shape index (κ2) is 5.26. The maximum absolute atomic E-state index is 13.0. The molecule has 0 aromatic carbocycles. The van der Waals surface area contributed by atoms with E-state index >= 15 is 0 Å². The summed E-state index contributed by atoms with van der Waals surface area (Å²) in [6.45, 7) is 11.4. The number of nitrogens with one attached hydrogen (secondary N) is 1. The molecule has 1 aliphatic carbocycles. The smallest absolute Gasteiger partial charge is 0.239 e. The van der Waals surface area contributed by atoms with Crippen molar-refractivity contribution in [2.45, 2.75) is 78.3 Å². The lowest BCUT2D eigenvalue weighted by Crippen LogP contribution is -2.51. The Morgan fingerprint density at radius 1 is 1.29 bits per heavy atom. The summed E-state index contributed by atoms with van der Waals surface area (Å²) in [4.78, 5) is 15.3. The van der Waals surface area contributed by atoms with Crippen LogP contribution in [0.5, 0.6) is 0 Å². The standard InChI is InChI=1S/C18H32N2O/c1-5-13-6-7-19-15(8-13)16(21)20-12-18(4)10-14(20)9-17(2,3)11-18/h13-15,19H,5-12H2,1-4H3. The summed E-state index contributed by atoms with van der Waals surface area (Å²) in [6, 6.07) is 0.560. The van der Waals surface area contributed by atoms with Crippen LogP contribution in [0.15, 0.2) is 0 Å². The second-order valence-electron chi connectivity index (χ2n) is 8.99. The van der Waals surface area contributed by atoms with Crippen molar-refractivity contribution in [3.63, 3.8) is 0 Å². The van der Waals surface area contributed by atoms with Gasteiger partial charge in [-0.2, -0.15) is 0 Å². The predicted octanol–water partition coefficient (Wildman–Crippen LogP) is 3.19. The summed E-state index contributed by atoms with van der Waals surface area (Å²) in [5.41, 5.74) is 0.736. The van der Waals surface area contributed by atoms with Gasteiger partial charge < -0.3 is 10.2 Å². The molecule has 1 amide bonds. The van der Waals surface area contributed by atoms with Gasteiger partial charge in [0.25, 0.3) is 0 Å². The van der Waals surface area contributed by atoms with Gasteiger partial charge >= 0.3 is 0 Å². The molecule has 2 heterocycles. The summed E-state index contributed by atoms with van der Waals surface area (Å²) < 4.78 is 0. The summed E-state index contributed by atoms with van der Waals surface area (Å²) in [5.74, 6) is 1.12. The highest BCUT2D eigenvalue weighted by Gasteiger charge is 2.51. The van der Waals surface area contributed by atoms with Crippen LogP contribution in [0.3, 0.4) is 0 Å². The number of fused-ring (bicyclic) bond motifs is 2. The van der Waals surface area contributed by atoms with E-state index in [1.165, 1.54) is 32.1 Å². The molecule has 2 aliphatic heterocycles. The van der Waals surface area contributed by atoms with Gasteiger partial charge in [0.15, 0.2) is 0 Å². The summed E-state index contributed by atoms with van der Waals surface area (Å²) in [5, 5.41) is 3.48. The van der Waals surface area contributed by atoms with Crippen molar-refractivity contribution >= 4 is 5.91 Å². The minimum absolute atomic E-state index is 0.0785. The van der Waals surface area contributed by atoms with E-state index in [9.17, 15) is 4.79 Å². The van der Waals surface area contributed by atoms with Crippen molar-refractivity contribution in [3.8, 4) is 0 Å². The van der Waals surface area contributed by atoms with Gasteiger partial charge in [-0.1, -0.05) is 34.1 Å². The zero-order chi connectivity index (χ0) is 15.3.